The average molecular weight is 142 g/mol. The summed E-state index contributed by atoms with van der Waals surface area (Å²) in [5, 5.41) is 9.87. The average Bonchev–Trinajstić information content (AvgIpc) is 1.81. The molecule has 0 aliphatic heterocycles. The predicted molar refractivity (Wildman–Crippen MR) is 38.8 cm³/mol. The summed E-state index contributed by atoms with van der Waals surface area (Å²) in [6.45, 7) is 7.93. The van der Waals surface area contributed by atoms with Gasteiger partial charge in [0.2, 0.25) is 0 Å². The van der Waals surface area contributed by atoms with Gasteiger partial charge in [-0.25, -0.2) is 0 Å². The van der Waals surface area contributed by atoms with Crippen LogP contribution >= 0.6 is 0 Å². The van der Waals surface area contributed by atoms with Crippen LogP contribution in [0, 0.1) is 11.5 Å². The Hall–Kier alpha value is -0.750. The molecule has 0 atom stereocenters. The van der Waals surface area contributed by atoms with Crippen molar-refractivity contribution in [3.63, 3.8) is 0 Å². The highest BCUT2D eigenvalue weighted by Gasteiger charge is 2.13. The van der Waals surface area contributed by atoms with Crippen LogP contribution in [-0.2, 0) is 4.84 Å². The summed E-state index contributed by atoms with van der Waals surface area (Å²) in [5.41, 5.74) is 0. The van der Waals surface area contributed by atoms with Crippen LogP contribution in [0.25, 0.3) is 0 Å². The third kappa shape index (κ3) is 2.70. The van der Waals surface area contributed by atoms with E-state index in [-0.39, 0.29) is 12.1 Å². The smallest absolute Gasteiger partial charge is 0.307 e. The van der Waals surface area contributed by atoms with Gasteiger partial charge in [0, 0.05) is 12.1 Å². The summed E-state index contributed by atoms with van der Waals surface area (Å²) in [6.07, 6.45) is 1.66. The van der Waals surface area contributed by atoms with Crippen LogP contribution < -0.4 is 0 Å². The van der Waals surface area contributed by atoms with Gasteiger partial charge in [-0.05, 0) is 27.7 Å². The fourth-order valence-corrected chi connectivity index (χ4v) is 0.854. The maximum Gasteiger partial charge on any atom is 0.307 e. The van der Waals surface area contributed by atoms with Crippen LogP contribution in [0.15, 0.2) is 0 Å². The molecule has 0 amide bonds. The first-order valence-electron chi connectivity index (χ1n) is 3.44. The van der Waals surface area contributed by atoms with E-state index in [0.717, 1.165) is 0 Å². The summed E-state index contributed by atoms with van der Waals surface area (Å²) in [4.78, 5) is 4.70. The Labute approximate surface area is 62.1 Å². The number of nitrogens with zero attached hydrogens (tertiary/aromatic N) is 2. The third-order valence-electron chi connectivity index (χ3n) is 1.16. The second-order valence-corrected chi connectivity index (χ2v) is 2.73. The zero-order valence-corrected chi connectivity index (χ0v) is 6.96. The standard InChI is InChI=1S/C7H14N2O/c1-6(2)9(7(3)4)10-5-8/h6-7H,1-4H3. The van der Waals surface area contributed by atoms with Crippen molar-refractivity contribution in [3.8, 4) is 6.26 Å². The largest absolute Gasteiger partial charge is 0.327 e. The summed E-state index contributed by atoms with van der Waals surface area (Å²) in [7, 11) is 0. The highest BCUT2D eigenvalue weighted by atomic mass is 16.7. The molecule has 0 saturated carbocycles. The molecule has 0 aliphatic rings. The quantitative estimate of drug-likeness (QED) is 0.442. The van der Waals surface area contributed by atoms with Crippen LogP contribution in [0.1, 0.15) is 27.7 Å². The Morgan fingerprint density at radius 3 is 1.70 bits per heavy atom. The molecular formula is C7H14N2O. The van der Waals surface area contributed by atoms with Crippen LogP contribution in [0.4, 0.5) is 0 Å². The van der Waals surface area contributed by atoms with Gasteiger partial charge in [-0.2, -0.15) is 0 Å². The minimum Gasteiger partial charge on any atom is -0.327 e. The normalized spacial score (nSPS) is 10.6. The minimum absolute atomic E-state index is 0.250. The monoisotopic (exact) mass is 142 g/mol. The highest BCUT2D eigenvalue weighted by molar-refractivity contribution is 4.60. The van der Waals surface area contributed by atoms with E-state index in [9.17, 15) is 0 Å². The lowest BCUT2D eigenvalue weighted by atomic mass is 10.3. The molecule has 0 N–H and O–H groups in total. The Morgan fingerprint density at radius 1 is 1.20 bits per heavy atom. The summed E-state index contributed by atoms with van der Waals surface area (Å²) >= 11 is 0. The van der Waals surface area contributed by atoms with E-state index in [1.54, 1.807) is 11.3 Å². The Balaban J connectivity index is 3.88. The van der Waals surface area contributed by atoms with Gasteiger partial charge in [0.05, 0.1) is 0 Å². The zero-order valence-electron chi connectivity index (χ0n) is 6.96. The maximum atomic E-state index is 8.22. The van der Waals surface area contributed by atoms with Gasteiger partial charge in [-0.1, -0.05) is 0 Å². The van der Waals surface area contributed by atoms with Crippen molar-refractivity contribution in [2.45, 2.75) is 39.8 Å². The second-order valence-electron chi connectivity index (χ2n) is 2.73. The zero-order chi connectivity index (χ0) is 8.15. The van der Waals surface area contributed by atoms with Crippen molar-refractivity contribution < 1.29 is 4.84 Å². The highest BCUT2D eigenvalue weighted by Crippen LogP contribution is 2.03. The molecule has 0 aliphatic carbocycles. The molecule has 0 saturated heterocycles. The first-order chi connectivity index (χ1) is 4.59. The molecule has 58 valence electrons. The van der Waals surface area contributed by atoms with Crippen LogP contribution in [-0.4, -0.2) is 17.1 Å². The fourth-order valence-electron chi connectivity index (χ4n) is 0.854. The van der Waals surface area contributed by atoms with Gasteiger partial charge in [0.1, 0.15) is 0 Å². The molecule has 0 bridgehead atoms. The van der Waals surface area contributed by atoms with Gasteiger partial charge in [-0.3, -0.25) is 0 Å². The minimum atomic E-state index is 0.250. The van der Waals surface area contributed by atoms with Crippen molar-refractivity contribution in [1.82, 2.24) is 5.06 Å². The maximum absolute atomic E-state index is 8.22. The van der Waals surface area contributed by atoms with E-state index >= 15 is 0 Å². The summed E-state index contributed by atoms with van der Waals surface area (Å²) in [6, 6.07) is 0.499. The molecule has 3 heteroatoms. The fraction of sp³-hybridized carbons (Fsp3) is 0.857. The molecule has 0 radical (unpaired) electrons. The van der Waals surface area contributed by atoms with Crippen LogP contribution in [0.3, 0.4) is 0 Å². The molecule has 10 heavy (non-hydrogen) atoms. The summed E-state index contributed by atoms with van der Waals surface area (Å²) in [5.74, 6) is 0. The summed E-state index contributed by atoms with van der Waals surface area (Å²) < 4.78 is 0. The van der Waals surface area contributed by atoms with Gasteiger partial charge in [-0.15, -0.1) is 10.3 Å². The topological polar surface area (TPSA) is 36.3 Å². The Kier molecular flexibility index (Phi) is 3.82. The molecule has 0 rings (SSSR count). The van der Waals surface area contributed by atoms with E-state index in [2.05, 4.69) is 0 Å². The van der Waals surface area contributed by atoms with E-state index in [0.29, 0.717) is 0 Å². The lowest BCUT2D eigenvalue weighted by Gasteiger charge is -2.24. The molecular weight excluding hydrogens is 128 g/mol. The molecule has 3 nitrogen and oxygen atoms in total. The van der Waals surface area contributed by atoms with E-state index in [1.165, 1.54) is 0 Å². The first kappa shape index (κ1) is 9.25. The third-order valence-corrected chi connectivity index (χ3v) is 1.16. The Bertz CT molecular complexity index is 118. The van der Waals surface area contributed by atoms with Crippen LogP contribution in [0.5, 0.6) is 0 Å². The molecule has 0 aromatic heterocycles. The number of hydrogen-bond acceptors (Lipinski definition) is 3. The van der Waals surface area contributed by atoms with E-state index < -0.39 is 0 Å². The Morgan fingerprint density at radius 2 is 1.60 bits per heavy atom. The van der Waals surface area contributed by atoms with E-state index in [4.69, 9.17) is 10.1 Å². The number of nitriles is 1. The lowest BCUT2D eigenvalue weighted by molar-refractivity contribution is -0.140. The molecule has 0 fully saturated rings. The molecule has 0 unspecified atom stereocenters. The molecule has 0 aromatic carbocycles. The van der Waals surface area contributed by atoms with Gasteiger partial charge in [0.25, 0.3) is 0 Å². The SMILES string of the molecule is CC(C)N(OC#N)C(C)C. The van der Waals surface area contributed by atoms with Gasteiger partial charge < -0.3 is 4.84 Å². The van der Waals surface area contributed by atoms with Crippen molar-refractivity contribution in [1.29, 1.82) is 5.26 Å². The second kappa shape index (κ2) is 4.13. The number of rotatable bonds is 3. The van der Waals surface area contributed by atoms with Gasteiger partial charge in [0.15, 0.2) is 0 Å². The first-order valence-corrected chi connectivity index (χ1v) is 3.44. The van der Waals surface area contributed by atoms with Crippen molar-refractivity contribution in [2.24, 2.45) is 0 Å². The van der Waals surface area contributed by atoms with Crippen LogP contribution in [0.2, 0.25) is 0 Å². The predicted octanol–water partition coefficient (Wildman–Crippen LogP) is 1.52. The van der Waals surface area contributed by atoms with Gasteiger partial charge >= 0.3 is 6.26 Å². The van der Waals surface area contributed by atoms with Crippen molar-refractivity contribution >= 4 is 0 Å². The lowest BCUT2D eigenvalue weighted by Crippen LogP contribution is -2.35. The molecule has 0 spiro atoms. The number of hydrogen-bond donors (Lipinski definition) is 0. The molecule has 0 heterocycles. The van der Waals surface area contributed by atoms with Crippen molar-refractivity contribution in [2.75, 3.05) is 0 Å². The molecule has 0 aromatic rings. The van der Waals surface area contributed by atoms with E-state index in [1.807, 2.05) is 27.7 Å². The van der Waals surface area contributed by atoms with Crippen molar-refractivity contribution in [3.05, 3.63) is 0 Å². The number of hydroxylamine groups is 2.